The van der Waals surface area contributed by atoms with Crippen molar-refractivity contribution in [2.24, 2.45) is 0 Å². The Morgan fingerprint density at radius 2 is 1.88 bits per heavy atom. The van der Waals surface area contributed by atoms with Crippen molar-refractivity contribution in [3.05, 3.63) is 52.7 Å². The Bertz CT molecular complexity index is 1030. The molecule has 1 aliphatic heterocycles. The number of rotatable bonds is 4. The van der Waals surface area contributed by atoms with Gasteiger partial charge in [0.2, 0.25) is 0 Å². The first-order valence-electron chi connectivity index (χ1n) is 9.50. The van der Waals surface area contributed by atoms with Gasteiger partial charge in [-0.1, -0.05) is 11.6 Å². The predicted octanol–water partition coefficient (Wildman–Crippen LogP) is 3.73. The van der Waals surface area contributed by atoms with E-state index in [-0.39, 0.29) is 16.7 Å². The molecule has 3 rings (SSSR count). The van der Waals surface area contributed by atoms with Gasteiger partial charge in [-0.2, -0.15) is 0 Å². The zero-order valence-electron chi connectivity index (χ0n) is 16.9. The molecule has 2 aromatic rings. The molecule has 2 heterocycles. The van der Waals surface area contributed by atoms with Crippen LogP contribution in [0.5, 0.6) is 0 Å². The number of nitrogens with one attached hydrogen (secondary N) is 2. The van der Waals surface area contributed by atoms with Crippen LogP contribution in [0, 0.1) is 11.6 Å². The van der Waals surface area contributed by atoms with E-state index in [1.54, 1.807) is 18.3 Å². The number of halogens is 3. The van der Waals surface area contributed by atoms with Crippen LogP contribution in [0.25, 0.3) is 0 Å². The molecule has 12 heteroatoms. The molecular weight excluding hydrogens is 450 g/mol. The Balaban J connectivity index is 1.64. The molecule has 9 nitrogen and oxygen atoms in total. The van der Waals surface area contributed by atoms with Crippen molar-refractivity contribution in [3.63, 3.8) is 0 Å². The number of piperidine rings is 1. The van der Waals surface area contributed by atoms with Crippen molar-refractivity contribution >= 4 is 41.2 Å². The molecule has 0 atom stereocenters. The summed E-state index contributed by atoms with van der Waals surface area (Å²) in [4.78, 5) is 42.0. The number of hydrogen-bond acceptors (Lipinski definition) is 7. The Morgan fingerprint density at radius 1 is 1.19 bits per heavy atom. The second-order valence-corrected chi connectivity index (χ2v) is 7.19. The van der Waals surface area contributed by atoms with Crippen LogP contribution in [0.1, 0.15) is 23.2 Å². The quantitative estimate of drug-likeness (QED) is 0.519. The Labute approximate surface area is 186 Å². The van der Waals surface area contributed by atoms with E-state index >= 15 is 0 Å². The molecule has 0 spiro atoms. The zero-order valence-corrected chi connectivity index (χ0v) is 17.6. The lowest BCUT2D eigenvalue weighted by molar-refractivity contribution is 0.0281. The predicted molar refractivity (Wildman–Crippen MR) is 111 cm³/mol. The van der Waals surface area contributed by atoms with Crippen molar-refractivity contribution < 1.29 is 32.6 Å². The highest BCUT2D eigenvalue weighted by Gasteiger charge is 2.25. The fourth-order valence-electron chi connectivity index (χ4n) is 3.14. The van der Waals surface area contributed by atoms with Gasteiger partial charge >= 0.3 is 12.2 Å². The average molecular weight is 469 g/mol. The second kappa shape index (κ2) is 10.2. The third-order valence-electron chi connectivity index (χ3n) is 4.69. The number of nitrogens with zero attached hydrogens (tertiary/aromatic N) is 2. The first-order valence-corrected chi connectivity index (χ1v) is 9.87. The Morgan fingerprint density at radius 3 is 2.56 bits per heavy atom. The van der Waals surface area contributed by atoms with Crippen molar-refractivity contribution in [1.82, 2.24) is 10.3 Å². The van der Waals surface area contributed by atoms with Crippen LogP contribution in [0.2, 0.25) is 5.02 Å². The fraction of sp³-hybridized carbons (Fsp3) is 0.300. The number of amides is 3. The van der Waals surface area contributed by atoms with E-state index < -0.39 is 29.7 Å². The SMILES string of the molecule is COC(=O)OC1CCN(c2ncccc2NC(=O)NC(=O)c2cc(F)c(F)cc2Cl)CC1. The van der Waals surface area contributed by atoms with E-state index in [1.807, 2.05) is 10.2 Å². The number of anilines is 2. The highest BCUT2D eigenvalue weighted by molar-refractivity contribution is 6.34. The number of pyridine rings is 1. The second-order valence-electron chi connectivity index (χ2n) is 6.79. The minimum Gasteiger partial charge on any atom is -0.438 e. The van der Waals surface area contributed by atoms with Gasteiger partial charge < -0.3 is 19.7 Å². The molecular formula is C20H19ClF2N4O5. The van der Waals surface area contributed by atoms with Crippen LogP contribution in [0.4, 0.5) is 29.9 Å². The number of hydrogen-bond donors (Lipinski definition) is 2. The molecule has 0 radical (unpaired) electrons. The van der Waals surface area contributed by atoms with Crippen molar-refractivity contribution in [1.29, 1.82) is 0 Å². The Hall–Kier alpha value is -3.47. The number of urea groups is 1. The van der Waals surface area contributed by atoms with Crippen LogP contribution in [-0.2, 0) is 9.47 Å². The van der Waals surface area contributed by atoms with E-state index in [9.17, 15) is 23.2 Å². The van der Waals surface area contributed by atoms with Gasteiger partial charge in [-0.05, 0) is 24.3 Å². The van der Waals surface area contributed by atoms with Gasteiger partial charge in [-0.15, -0.1) is 0 Å². The highest BCUT2D eigenvalue weighted by Crippen LogP contribution is 2.27. The summed E-state index contributed by atoms with van der Waals surface area (Å²) in [5, 5.41) is 4.19. The summed E-state index contributed by atoms with van der Waals surface area (Å²) in [5.74, 6) is -3.03. The van der Waals surface area contributed by atoms with Crippen molar-refractivity contribution in [2.45, 2.75) is 18.9 Å². The number of methoxy groups -OCH3 is 1. The average Bonchev–Trinajstić information content (AvgIpc) is 2.77. The molecule has 1 aliphatic rings. The lowest BCUT2D eigenvalue weighted by Crippen LogP contribution is -2.39. The monoisotopic (exact) mass is 468 g/mol. The number of ether oxygens (including phenoxy) is 2. The summed E-state index contributed by atoms with van der Waals surface area (Å²) >= 11 is 5.76. The molecule has 1 aromatic carbocycles. The van der Waals surface area contributed by atoms with Gasteiger partial charge in [0.25, 0.3) is 5.91 Å². The summed E-state index contributed by atoms with van der Waals surface area (Å²) in [6, 6.07) is 3.54. The Kier molecular flexibility index (Phi) is 7.41. The normalized spacial score (nSPS) is 13.9. The minimum atomic E-state index is -1.27. The molecule has 2 N–H and O–H groups in total. The fourth-order valence-corrected chi connectivity index (χ4v) is 3.37. The minimum absolute atomic E-state index is 0.291. The number of aromatic nitrogens is 1. The zero-order chi connectivity index (χ0) is 23.3. The number of benzene rings is 1. The van der Waals surface area contributed by atoms with Crippen LogP contribution < -0.4 is 15.5 Å². The maximum atomic E-state index is 13.4. The molecule has 0 aliphatic carbocycles. The van der Waals surface area contributed by atoms with Gasteiger partial charge in [0.05, 0.1) is 23.4 Å². The van der Waals surface area contributed by atoms with E-state index in [0.29, 0.717) is 49.6 Å². The lowest BCUT2D eigenvalue weighted by Gasteiger charge is -2.33. The molecule has 0 unspecified atom stereocenters. The summed E-state index contributed by atoms with van der Waals surface area (Å²) in [6.45, 7) is 0.997. The van der Waals surface area contributed by atoms with Crippen LogP contribution in [-0.4, -0.2) is 49.4 Å². The smallest absolute Gasteiger partial charge is 0.438 e. The molecule has 3 amide bonds. The van der Waals surface area contributed by atoms with Crippen molar-refractivity contribution in [2.75, 3.05) is 30.4 Å². The summed E-state index contributed by atoms with van der Waals surface area (Å²) in [7, 11) is 1.24. The van der Waals surface area contributed by atoms with Gasteiger partial charge in [-0.25, -0.2) is 23.4 Å². The number of carbonyl (C=O) groups is 3. The molecule has 1 saturated heterocycles. The molecule has 1 aromatic heterocycles. The standard InChI is InChI=1S/C20H19ClF2N4O5/c1-31-20(30)32-11-4-7-27(8-5-11)17-16(3-2-6-24-17)25-19(29)26-18(28)12-9-14(22)15(23)10-13(12)21/h2-3,6,9-11H,4-5,7-8H2,1H3,(H2,25,26,28,29). The van der Waals surface area contributed by atoms with Crippen LogP contribution in [0.3, 0.4) is 0 Å². The molecule has 170 valence electrons. The molecule has 32 heavy (non-hydrogen) atoms. The van der Waals surface area contributed by atoms with Gasteiger partial charge in [0.15, 0.2) is 17.5 Å². The lowest BCUT2D eigenvalue weighted by atomic mass is 10.1. The van der Waals surface area contributed by atoms with Crippen molar-refractivity contribution in [3.8, 4) is 0 Å². The third kappa shape index (κ3) is 5.61. The van der Waals surface area contributed by atoms with Gasteiger partial charge in [-0.3, -0.25) is 10.1 Å². The van der Waals surface area contributed by atoms with Gasteiger partial charge in [0.1, 0.15) is 6.10 Å². The van der Waals surface area contributed by atoms with Gasteiger partial charge in [0, 0.05) is 32.1 Å². The first-order chi connectivity index (χ1) is 15.3. The summed E-state index contributed by atoms with van der Waals surface area (Å²) < 4.78 is 36.2. The van der Waals surface area contributed by atoms with Crippen LogP contribution >= 0.6 is 11.6 Å². The van der Waals surface area contributed by atoms with E-state index in [4.69, 9.17) is 16.3 Å². The third-order valence-corrected chi connectivity index (χ3v) is 5.00. The molecule has 0 saturated carbocycles. The number of carbonyl (C=O) groups excluding carboxylic acids is 3. The first kappa shape index (κ1) is 23.2. The van der Waals surface area contributed by atoms with E-state index in [2.05, 4.69) is 15.0 Å². The molecule has 1 fully saturated rings. The maximum Gasteiger partial charge on any atom is 0.508 e. The van der Waals surface area contributed by atoms with Crippen LogP contribution in [0.15, 0.2) is 30.5 Å². The topological polar surface area (TPSA) is 110 Å². The summed E-state index contributed by atoms with van der Waals surface area (Å²) in [5.41, 5.74) is -0.0682. The summed E-state index contributed by atoms with van der Waals surface area (Å²) in [6.07, 6.45) is 1.57. The maximum absolute atomic E-state index is 13.4. The molecule has 0 bridgehead atoms. The largest absolute Gasteiger partial charge is 0.508 e. The number of imide groups is 1. The van der Waals surface area contributed by atoms with E-state index in [0.717, 1.165) is 0 Å². The van der Waals surface area contributed by atoms with E-state index in [1.165, 1.54) is 7.11 Å². The highest BCUT2D eigenvalue weighted by atomic mass is 35.5.